The van der Waals surface area contributed by atoms with Crippen molar-refractivity contribution in [2.24, 2.45) is 21.0 Å². The first-order chi connectivity index (χ1) is 18.4. The summed E-state index contributed by atoms with van der Waals surface area (Å²) in [6.07, 6.45) is 0. The highest BCUT2D eigenvalue weighted by Crippen LogP contribution is 2.29. The number of primary sulfonamides is 1. The molecule has 0 saturated heterocycles. The Hall–Kier alpha value is -3.78. The number of hydrazone groups is 1. The fourth-order valence-corrected chi connectivity index (χ4v) is 5.38. The van der Waals surface area contributed by atoms with E-state index in [9.17, 15) is 21.6 Å². The minimum atomic E-state index is -4.22. The van der Waals surface area contributed by atoms with Crippen LogP contribution in [0.2, 0.25) is 5.02 Å². The molecule has 0 spiro atoms. The van der Waals surface area contributed by atoms with Gasteiger partial charge in [-0.2, -0.15) is 5.10 Å². The molecule has 0 radical (unpaired) electrons. The Balaban J connectivity index is 1.73. The Morgan fingerprint density at radius 3 is 2.23 bits per heavy atom. The molecule has 1 aliphatic heterocycles. The van der Waals surface area contributed by atoms with Crippen molar-refractivity contribution in [1.29, 1.82) is 0 Å². The summed E-state index contributed by atoms with van der Waals surface area (Å²) in [5, 5.41) is 11.7. The van der Waals surface area contributed by atoms with Crippen LogP contribution in [0.15, 0.2) is 93.9 Å². The highest BCUT2D eigenvalue weighted by atomic mass is 35.5. The summed E-state index contributed by atoms with van der Waals surface area (Å²) in [5.41, 5.74) is 7.72. The lowest BCUT2D eigenvalue weighted by molar-refractivity contribution is 0.1000. The van der Waals surface area contributed by atoms with E-state index in [0.717, 1.165) is 11.1 Å². The number of sulfonamides is 2. The van der Waals surface area contributed by atoms with Gasteiger partial charge in [0.15, 0.2) is 0 Å². The maximum Gasteiger partial charge on any atom is 0.264 e. The lowest BCUT2D eigenvalue weighted by Gasteiger charge is -2.20. The van der Waals surface area contributed by atoms with Gasteiger partial charge in [-0.1, -0.05) is 54.1 Å². The zero-order chi connectivity index (χ0) is 28.2. The number of primary amides is 1. The number of hydrogen-bond donors (Lipinski definition) is 3. The van der Waals surface area contributed by atoms with Crippen molar-refractivity contribution in [2.75, 3.05) is 18.8 Å². The summed E-state index contributed by atoms with van der Waals surface area (Å²) in [5.74, 6) is -1.67. The lowest BCUT2D eigenvalue weighted by atomic mass is 9.91. The predicted octanol–water partition coefficient (Wildman–Crippen LogP) is 1.87. The van der Waals surface area contributed by atoms with Gasteiger partial charge < -0.3 is 5.73 Å². The molecular weight excluding hydrogens is 564 g/mol. The zero-order valence-corrected chi connectivity index (χ0v) is 22.8. The standard InChI is InChI=1S/C25H25ClN6O5S2/c26-20-10-6-18(7-11-20)23-22(17-4-2-1-3-5-17)16-32(30-23)25(29-14-15-38(28,34)35)31-39(36,37)21-12-8-19(9-13-21)24(27)33/h1-13,22H,14-16H2,(H2,27,33)(H,29,31)(H2,28,34,35). The molecule has 5 N–H and O–H groups in total. The van der Waals surface area contributed by atoms with E-state index in [4.69, 9.17) is 22.5 Å². The molecule has 1 heterocycles. The molecule has 4 rings (SSSR count). The average molecular weight is 589 g/mol. The van der Waals surface area contributed by atoms with E-state index in [-0.39, 0.29) is 35.4 Å². The van der Waals surface area contributed by atoms with Gasteiger partial charge in [-0.25, -0.2) is 36.7 Å². The number of halogens is 1. The number of nitrogens with two attached hydrogens (primary N) is 2. The topological polar surface area (TPSA) is 177 Å². The number of aliphatic imine (C=N–C) groups is 1. The first kappa shape index (κ1) is 28.2. The summed E-state index contributed by atoms with van der Waals surface area (Å²) in [6.45, 7) is -0.102. The van der Waals surface area contributed by atoms with Crippen LogP contribution < -0.4 is 15.6 Å². The number of carbonyl (C=O) groups excluding carboxylic acids is 1. The van der Waals surface area contributed by atoms with Crippen molar-refractivity contribution in [2.45, 2.75) is 10.8 Å². The van der Waals surface area contributed by atoms with Crippen molar-refractivity contribution in [1.82, 2.24) is 9.73 Å². The van der Waals surface area contributed by atoms with Crippen LogP contribution in [0.1, 0.15) is 27.4 Å². The van der Waals surface area contributed by atoms with Crippen molar-refractivity contribution in [3.05, 3.63) is 101 Å². The summed E-state index contributed by atoms with van der Waals surface area (Å²) in [6, 6.07) is 21.6. The van der Waals surface area contributed by atoms with E-state index < -0.39 is 31.7 Å². The molecule has 3 aromatic carbocycles. The van der Waals surface area contributed by atoms with Crippen LogP contribution in [0.5, 0.6) is 0 Å². The second-order valence-electron chi connectivity index (χ2n) is 8.60. The van der Waals surface area contributed by atoms with E-state index in [2.05, 4.69) is 14.8 Å². The van der Waals surface area contributed by atoms with Crippen molar-refractivity contribution < 1.29 is 21.6 Å². The first-order valence-corrected chi connectivity index (χ1v) is 15.1. The zero-order valence-electron chi connectivity index (χ0n) is 20.4. The van der Waals surface area contributed by atoms with Crippen molar-refractivity contribution in [3.8, 4) is 0 Å². The molecule has 39 heavy (non-hydrogen) atoms. The molecule has 0 aromatic heterocycles. The Morgan fingerprint density at radius 1 is 1.00 bits per heavy atom. The molecular formula is C25H25ClN6O5S2. The Morgan fingerprint density at radius 2 is 1.64 bits per heavy atom. The van der Waals surface area contributed by atoms with Crippen LogP contribution in [0.3, 0.4) is 0 Å². The number of guanidine groups is 1. The summed E-state index contributed by atoms with van der Waals surface area (Å²) in [4.78, 5) is 15.4. The van der Waals surface area contributed by atoms with Gasteiger partial charge in [0.25, 0.3) is 10.0 Å². The third-order valence-corrected chi connectivity index (χ3v) is 8.16. The SMILES string of the molecule is NC(=O)c1ccc(S(=O)(=O)NC(=NCCS(N)(=O)=O)N2CC(c3ccccc3)C(c3ccc(Cl)cc3)=N2)cc1. The quantitative estimate of drug-likeness (QED) is 0.267. The van der Waals surface area contributed by atoms with E-state index in [0.29, 0.717) is 10.7 Å². The fraction of sp³-hybridized carbons (Fsp3) is 0.160. The number of amides is 1. The molecule has 11 nitrogen and oxygen atoms in total. The molecule has 1 amide bonds. The molecule has 14 heteroatoms. The van der Waals surface area contributed by atoms with Crippen molar-refractivity contribution >= 4 is 49.2 Å². The Bertz CT molecular complexity index is 1630. The predicted molar refractivity (Wildman–Crippen MR) is 149 cm³/mol. The fourth-order valence-electron chi connectivity index (χ4n) is 3.88. The number of carbonyl (C=O) groups is 1. The molecule has 1 unspecified atom stereocenters. The van der Waals surface area contributed by atoms with Crippen LogP contribution in [0.25, 0.3) is 0 Å². The molecule has 0 fully saturated rings. The molecule has 0 bridgehead atoms. The van der Waals surface area contributed by atoms with Crippen LogP contribution >= 0.6 is 11.6 Å². The number of hydrogen-bond acceptors (Lipinski definition) is 7. The van der Waals surface area contributed by atoms with Gasteiger partial charge in [0.05, 0.1) is 29.4 Å². The van der Waals surface area contributed by atoms with Gasteiger partial charge in [0, 0.05) is 16.5 Å². The maximum absolute atomic E-state index is 13.2. The van der Waals surface area contributed by atoms with E-state index in [1.54, 1.807) is 12.1 Å². The highest BCUT2D eigenvalue weighted by molar-refractivity contribution is 7.90. The molecule has 1 atom stereocenters. The van der Waals surface area contributed by atoms with Gasteiger partial charge in [-0.15, -0.1) is 0 Å². The molecule has 0 aliphatic carbocycles. The second kappa shape index (κ2) is 11.5. The molecule has 3 aromatic rings. The Labute approximate surface area is 231 Å². The molecule has 0 saturated carbocycles. The third-order valence-electron chi connectivity index (χ3n) is 5.81. The van der Waals surface area contributed by atoms with Crippen LogP contribution in [0, 0.1) is 0 Å². The number of rotatable bonds is 8. The summed E-state index contributed by atoms with van der Waals surface area (Å²) >= 11 is 6.07. The number of nitrogens with one attached hydrogen (secondary N) is 1. The van der Waals surface area contributed by atoms with E-state index in [1.807, 2.05) is 42.5 Å². The van der Waals surface area contributed by atoms with Gasteiger partial charge in [0.2, 0.25) is 21.9 Å². The minimum absolute atomic E-state index is 0.137. The monoisotopic (exact) mass is 588 g/mol. The van der Waals surface area contributed by atoms with Crippen LogP contribution in [-0.4, -0.2) is 58.3 Å². The molecule has 204 valence electrons. The summed E-state index contributed by atoms with van der Waals surface area (Å²) in [7, 11) is -8.08. The van der Waals surface area contributed by atoms with Crippen LogP contribution in [-0.2, 0) is 20.0 Å². The van der Waals surface area contributed by atoms with Gasteiger partial charge in [-0.3, -0.25) is 4.79 Å². The first-order valence-electron chi connectivity index (χ1n) is 11.6. The average Bonchev–Trinajstić information content (AvgIpc) is 3.34. The highest BCUT2D eigenvalue weighted by Gasteiger charge is 2.33. The largest absolute Gasteiger partial charge is 0.366 e. The van der Waals surface area contributed by atoms with E-state index >= 15 is 0 Å². The van der Waals surface area contributed by atoms with E-state index in [1.165, 1.54) is 29.3 Å². The normalized spacial score (nSPS) is 16.2. The second-order valence-corrected chi connectivity index (χ2v) is 12.5. The van der Waals surface area contributed by atoms with Gasteiger partial charge >= 0.3 is 0 Å². The molecule has 1 aliphatic rings. The maximum atomic E-state index is 13.2. The van der Waals surface area contributed by atoms with Gasteiger partial charge in [0.1, 0.15) is 0 Å². The van der Waals surface area contributed by atoms with Crippen LogP contribution in [0.4, 0.5) is 0 Å². The summed E-state index contributed by atoms with van der Waals surface area (Å²) < 4.78 is 51.9. The third kappa shape index (κ3) is 7.20. The van der Waals surface area contributed by atoms with Gasteiger partial charge in [-0.05, 0) is 47.5 Å². The lowest BCUT2D eigenvalue weighted by Crippen LogP contribution is -2.41. The smallest absolute Gasteiger partial charge is 0.264 e. The number of benzene rings is 3. The van der Waals surface area contributed by atoms with Crippen molar-refractivity contribution in [3.63, 3.8) is 0 Å². The minimum Gasteiger partial charge on any atom is -0.366 e. The number of nitrogens with zero attached hydrogens (tertiary/aromatic N) is 3. The Kier molecular flexibility index (Phi) is 8.35.